The Hall–Kier alpha value is -1.15. The fourth-order valence-electron chi connectivity index (χ4n) is 1.71. The molecule has 1 aromatic heterocycles. The lowest BCUT2D eigenvalue weighted by atomic mass is 10.2. The minimum Gasteiger partial charge on any atom is -0.476 e. The largest absolute Gasteiger partial charge is 0.476 e. The van der Waals surface area contributed by atoms with Crippen LogP contribution in [0.1, 0.15) is 28.0 Å². The number of carbonyl (C=O) groups is 1. The minimum atomic E-state index is -3.36. The molecule has 2 heterocycles. The molecule has 0 saturated heterocycles. The third kappa shape index (κ3) is 2.14. The summed E-state index contributed by atoms with van der Waals surface area (Å²) >= 11 is 1.06. The highest BCUT2D eigenvalue weighted by Gasteiger charge is 2.30. The van der Waals surface area contributed by atoms with Gasteiger partial charge in [-0.2, -0.15) is 0 Å². The molecule has 1 N–H and O–H groups in total. The van der Waals surface area contributed by atoms with E-state index in [0.29, 0.717) is 25.2 Å². The highest BCUT2D eigenvalue weighted by Crippen LogP contribution is 2.33. The Balaban J connectivity index is 2.48. The third-order valence-electron chi connectivity index (χ3n) is 2.56. The SMILES string of the molecule is CCS(=O)(=O)N1CCCc2sc(C(=O)O)nc21. The van der Waals surface area contributed by atoms with Crippen molar-refractivity contribution in [3.63, 3.8) is 0 Å². The number of aromatic carboxylic acids is 1. The number of sulfonamides is 1. The van der Waals surface area contributed by atoms with E-state index in [2.05, 4.69) is 4.98 Å². The number of aryl methyl sites for hydroxylation is 1. The predicted octanol–water partition coefficient (Wildman–Crippen LogP) is 0.944. The van der Waals surface area contributed by atoms with Crippen LogP contribution in [-0.4, -0.2) is 36.8 Å². The Morgan fingerprint density at radius 2 is 2.29 bits per heavy atom. The fourth-order valence-corrected chi connectivity index (χ4v) is 3.85. The average Bonchev–Trinajstić information content (AvgIpc) is 2.72. The maximum Gasteiger partial charge on any atom is 0.365 e. The molecule has 0 bridgehead atoms. The van der Waals surface area contributed by atoms with Crippen LogP contribution in [0.2, 0.25) is 0 Å². The van der Waals surface area contributed by atoms with Crippen molar-refractivity contribution in [1.29, 1.82) is 0 Å². The Bertz CT molecular complexity index is 549. The van der Waals surface area contributed by atoms with E-state index >= 15 is 0 Å². The first-order chi connectivity index (χ1) is 7.95. The Labute approximate surface area is 103 Å². The van der Waals surface area contributed by atoms with Gasteiger partial charge in [0, 0.05) is 6.54 Å². The summed E-state index contributed by atoms with van der Waals surface area (Å²) in [6.45, 7) is 1.94. The van der Waals surface area contributed by atoms with Crippen LogP contribution in [0.25, 0.3) is 0 Å². The highest BCUT2D eigenvalue weighted by atomic mass is 32.2. The van der Waals surface area contributed by atoms with Crippen molar-refractivity contribution in [2.45, 2.75) is 19.8 Å². The van der Waals surface area contributed by atoms with E-state index in [1.165, 1.54) is 4.31 Å². The standard InChI is InChI=1S/C9H12N2O4S2/c1-2-17(14,15)11-5-3-4-6-7(11)10-8(16-6)9(12)13/h2-5H2,1H3,(H,12,13). The van der Waals surface area contributed by atoms with Crippen molar-refractivity contribution in [3.8, 4) is 0 Å². The summed E-state index contributed by atoms with van der Waals surface area (Å²) in [4.78, 5) is 15.5. The Kier molecular flexibility index (Phi) is 3.09. The summed E-state index contributed by atoms with van der Waals surface area (Å²) in [5.74, 6) is -0.814. The number of hydrogen-bond donors (Lipinski definition) is 1. The van der Waals surface area contributed by atoms with Gasteiger partial charge >= 0.3 is 5.97 Å². The van der Waals surface area contributed by atoms with Crippen molar-refractivity contribution >= 4 is 33.1 Å². The number of carboxylic acid groups (broad SMARTS) is 1. The normalized spacial score (nSPS) is 15.7. The first-order valence-electron chi connectivity index (χ1n) is 5.19. The summed E-state index contributed by atoms with van der Waals surface area (Å²) in [7, 11) is -3.36. The van der Waals surface area contributed by atoms with Crippen molar-refractivity contribution in [3.05, 3.63) is 9.88 Å². The molecule has 8 heteroatoms. The van der Waals surface area contributed by atoms with Crippen LogP contribution < -0.4 is 4.31 Å². The smallest absolute Gasteiger partial charge is 0.365 e. The molecule has 94 valence electrons. The van der Waals surface area contributed by atoms with E-state index in [0.717, 1.165) is 16.2 Å². The van der Waals surface area contributed by atoms with Crippen LogP contribution in [0.5, 0.6) is 0 Å². The zero-order valence-corrected chi connectivity index (χ0v) is 10.8. The molecule has 0 aromatic carbocycles. The lowest BCUT2D eigenvalue weighted by molar-refractivity contribution is 0.0696. The van der Waals surface area contributed by atoms with Gasteiger partial charge in [0.15, 0.2) is 5.82 Å². The first-order valence-corrected chi connectivity index (χ1v) is 7.61. The van der Waals surface area contributed by atoms with E-state index in [-0.39, 0.29) is 10.8 Å². The van der Waals surface area contributed by atoms with E-state index in [9.17, 15) is 13.2 Å². The lowest BCUT2D eigenvalue weighted by Crippen LogP contribution is -2.36. The molecule has 0 fully saturated rings. The van der Waals surface area contributed by atoms with Crippen molar-refractivity contribution in [2.75, 3.05) is 16.6 Å². The van der Waals surface area contributed by atoms with Gasteiger partial charge in [-0.05, 0) is 19.8 Å². The van der Waals surface area contributed by atoms with Crippen LogP contribution in [0.15, 0.2) is 0 Å². The maximum absolute atomic E-state index is 11.8. The van der Waals surface area contributed by atoms with Crippen LogP contribution >= 0.6 is 11.3 Å². The molecule has 6 nitrogen and oxygen atoms in total. The predicted molar refractivity (Wildman–Crippen MR) is 64.2 cm³/mol. The quantitative estimate of drug-likeness (QED) is 0.887. The summed E-state index contributed by atoms with van der Waals surface area (Å²) in [5.41, 5.74) is 0. The molecule has 1 aromatic rings. The Morgan fingerprint density at radius 1 is 1.59 bits per heavy atom. The monoisotopic (exact) mass is 276 g/mol. The summed E-state index contributed by atoms with van der Waals surface area (Å²) in [5, 5.41) is 8.81. The molecule has 2 rings (SSSR count). The average molecular weight is 276 g/mol. The topological polar surface area (TPSA) is 87.6 Å². The second-order valence-corrected chi connectivity index (χ2v) is 6.91. The third-order valence-corrected chi connectivity index (χ3v) is 5.41. The number of hydrogen-bond acceptors (Lipinski definition) is 5. The lowest BCUT2D eigenvalue weighted by Gasteiger charge is -2.26. The number of thiazole rings is 1. The molecule has 0 atom stereocenters. The van der Waals surface area contributed by atoms with Gasteiger partial charge in [-0.15, -0.1) is 11.3 Å². The maximum atomic E-state index is 11.8. The summed E-state index contributed by atoms with van der Waals surface area (Å²) in [6, 6.07) is 0. The van der Waals surface area contributed by atoms with Gasteiger partial charge < -0.3 is 5.11 Å². The van der Waals surface area contributed by atoms with Gasteiger partial charge in [0.05, 0.1) is 10.6 Å². The zero-order valence-electron chi connectivity index (χ0n) is 9.21. The van der Waals surface area contributed by atoms with E-state index in [4.69, 9.17) is 5.11 Å². The van der Waals surface area contributed by atoms with Gasteiger partial charge in [0.25, 0.3) is 0 Å². The fraction of sp³-hybridized carbons (Fsp3) is 0.556. The van der Waals surface area contributed by atoms with Gasteiger partial charge in [-0.3, -0.25) is 4.31 Å². The number of anilines is 1. The molecule has 17 heavy (non-hydrogen) atoms. The molecule has 1 aliphatic heterocycles. The second-order valence-electron chi connectivity index (χ2n) is 3.65. The van der Waals surface area contributed by atoms with Crippen LogP contribution in [-0.2, 0) is 16.4 Å². The summed E-state index contributed by atoms with van der Waals surface area (Å²) in [6.07, 6.45) is 1.39. The number of aromatic nitrogens is 1. The summed E-state index contributed by atoms with van der Waals surface area (Å²) < 4.78 is 24.9. The minimum absolute atomic E-state index is 0.00757. The van der Waals surface area contributed by atoms with E-state index in [1.54, 1.807) is 6.92 Å². The van der Waals surface area contributed by atoms with Crippen molar-refractivity contribution in [2.24, 2.45) is 0 Å². The van der Waals surface area contributed by atoms with E-state index in [1.807, 2.05) is 0 Å². The molecule has 0 saturated carbocycles. The van der Waals surface area contributed by atoms with Gasteiger partial charge in [0.1, 0.15) is 0 Å². The number of carboxylic acids is 1. The number of fused-ring (bicyclic) bond motifs is 1. The van der Waals surface area contributed by atoms with Crippen LogP contribution in [0.4, 0.5) is 5.82 Å². The molecular formula is C9H12N2O4S2. The van der Waals surface area contributed by atoms with Crippen LogP contribution in [0, 0.1) is 0 Å². The highest BCUT2D eigenvalue weighted by molar-refractivity contribution is 7.92. The van der Waals surface area contributed by atoms with Crippen molar-refractivity contribution in [1.82, 2.24) is 4.98 Å². The number of rotatable bonds is 3. The Morgan fingerprint density at radius 3 is 2.88 bits per heavy atom. The molecule has 0 radical (unpaired) electrons. The second kappa shape index (κ2) is 4.26. The molecule has 1 aliphatic rings. The molecule has 0 amide bonds. The molecule has 0 aliphatic carbocycles. The molecular weight excluding hydrogens is 264 g/mol. The first kappa shape index (κ1) is 12.3. The van der Waals surface area contributed by atoms with Gasteiger partial charge in [0.2, 0.25) is 15.0 Å². The van der Waals surface area contributed by atoms with Gasteiger partial charge in [-0.1, -0.05) is 0 Å². The van der Waals surface area contributed by atoms with E-state index < -0.39 is 16.0 Å². The number of nitrogens with zero attached hydrogens (tertiary/aromatic N) is 2. The molecule has 0 unspecified atom stereocenters. The van der Waals surface area contributed by atoms with Crippen molar-refractivity contribution < 1.29 is 18.3 Å². The van der Waals surface area contributed by atoms with Crippen LogP contribution in [0.3, 0.4) is 0 Å². The molecule has 0 spiro atoms. The zero-order chi connectivity index (χ0) is 12.6. The van der Waals surface area contributed by atoms with Gasteiger partial charge in [-0.25, -0.2) is 18.2 Å².